The van der Waals surface area contributed by atoms with Gasteiger partial charge in [-0.05, 0) is 19.1 Å². The molecule has 0 spiro atoms. The quantitative estimate of drug-likeness (QED) is 0.903. The number of halogens is 1. The number of nitrogens with one attached hydrogen (secondary N) is 1. The Morgan fingerprint density at radius 1 is 1.47 bits per heavy atom. The van der Waals surface area contributed by atoms with Crippen LogP contribution in [0.1, 0.15) is 17.3 Å². The number of anilines is 1. The van der Waals surface area contributed by atoms with Crippen LogP contribution in [0.15, 0.2) is 30.5 Å². The molecule has 1 aromatic heterocycles. The van der Waals surface area contributed by atoms with Crippen LogP contribution in [0, 0.1) is 6.92 Å². The molecule has 0 aliphatic rings. The lowest BCUT2D eigenvalue weighted by Gasteiger charge is -2.16. The van der Waals surface area contributed by atoms with Gasteiger partial charge >= 0.3 is 5.97 Å². The van der Waals surface area contributed by atoms with E-state index in [9.17, 15) is 9.90 Å². The van der Waals surface area contributed by atoms with E-state index >= 15 is 0 Å². The summed E-state index contributed by atoms with van der Waals surface area (Å²) in [5.41, 5.74) is 2.00. The molecule has 6 heteroatoms. The molecule has 0 saturated carbocycles. The van der Waals surface area contributed by atoms with Gasteiger partial charge in [0.1, 0.15) is 0 Å². The largest absolute Gasteiger partial charge is 0.479 e. The molecule has 2 rings (SSSR count). The number of aryl methyl sites for hydroxylation is 1. The van der Waals surface area contributed by atoms with Gasteiger partial charge in [0.05, 0.1) is 16.9 Å². The van der Waals surface area contributed by atoms with Crippen LogP contribution in [0.5, 0.6) is 0 Å². The van der Waals surface area contributed by atoms with Crippen molar-refractivity contribution in [2.75, 3.05) is 5.32 Å². The number of para-hydroxylation sites is 1. The SMILES string of the molecule is Cc1c(C(Nc2ccccc2Cl)C(=O)O)cnn1C. The second kappa shape index (κ2) is 5.32. The van der Waals surface area contributed by atoms with Crippen LogP contribution in [0.25, 0.3) is 0 Å². The molecule has 1 heterocycles. The summed E-state index contributed by atoms with van der Waals surface area (Å²) in [4.78, 5) is 11.4. The van der Waals surface area contributed by atoms with Crippen LogP contribution in [0.2, 0.25) is 5.02 Å². The molecule has 2 N–H and O–H groups in total. The monoisotopic (exact) mass is 279 g/mol. The van der Waals surface area contributed by atoms with E-state index in [4.69, 9.17) is 11.6 Å². The van der Waals surface area contributed by atoms with Crippen molar-refractivity contribution in [1.82, 2.24) is 9.78 Å². The number of hydrogen-bond acceptors (Lipinski definition) is 3. The maximum Gasteiger partial charge on any atom is 0.330 e. The highest BCUT2D eigenvalue weighted by Gasteiger charge is 2.24. The number of carboxylic acid groups (broad SMARTS) is 1. The Balaban J connectivity index is 2.35. The van der Waals surface area contributed by atoms with E-state index in [2.05, 4.69) is 10.4 Å². The normalized spacial score (nSPS) is 12.2. The third-order valence-electron chi connectivity index (χ3n) is 3.00. The second-order valence-corrected chi connectivity index (χ2v) is 4.61. The molecule has 1 unspecified atom stereocenters. The molecule has 0 amide bonds. The lowest BCUT2D eigenvalue weighted by Crippen LogP contribution is -2.21. The smallest absolute Gasteiger partial charge is 0.330 e. The van der Waals surface area contributed by atoms with Gasteiger partial charge in [-0.15, -0.1) is 0 Å². The van der Waals surface area contributed by atoms with Gasteiger partial charge in [-0.2, -0.15) is 5.10 Å². The van der Waals surface area contributed by atoms with E-state index in [1.165, 1.54) is 0 Å². The molecule has 0 aliphatic heterocycles. The zero-order chi connectivity index (χ0) is 14.0. The van der Waals surface area contributed by atoms with Crippen LogP contribution in [-0.4, -0.2) is 20.9 Å². The number of carbonyl (C=O) groups is 1. The van der Waals surface area contributed by atoms with E-state index in [1.54, 1.807) is 42.2 Å². The first-order valence-electron chi connectivity index (χ1n) is 5.73. The summed E-state index contributed by atoms with van der Waals surface area (Å²) in [6.45, 7) is 1.83. The number of hydrogen-bond donors (Lipinski definition) is 2. The minimum absolute atomic E-state index is 0.482. The Hall–Kier alpha value is -2.01. The topological polar surface area (TPSA) is 67.2 Å². The van der Waals surface area contributed by atoms with Crippen molar-refractivity contribution in [3.8, 4) is 0 Å². The molecule has 1 atom stereocenters. The average Bonchev–Trinajstić information content (AvgIpc) is 2.69. The first kappa shape index (κ1) is 13.4. The molecule has 0 radical (unpaired) electrons. The molecule has 100 valence electrons. The lowest BCUT2D eigenvalue weighted by atomic mass is 10.1. The fraction of sp³-hybridized carbons (Fsp3) is 0.231. The van der Waals surface area contributed by atoms with Crippen LogP contribution < -0.4 is 5.32 Å². The van der Waals surface area contributed by atoms with Crippen LogP contribution in [-0.2, 0) is 11.8 Å². The maximum atomic E-state index is 11.4. The summed E-state index contributed by atoms with van der Waals surface area (Å²) in [5, 5.41) is 16.8. The van der Waals surface area contributed by atoms with Crippen LogP contribution in [0.3, 0.4) is 0 Å². The first-order chi connectivity index (χ1) is 9.00. The number of nitrogens with zero attached hydrogens (tertiary/aromatic N) is 2. The third-order valence-corrected chi connectivity index (χ3v) is 3.33. The van der Waals surface area contributed by atoms with E-state index in [0.29, 0.717) is 16.3 Å². The molecule has 2 aromatic rings. The van der Waals surface area contributed by atoms with E-state index in [-0.39, 0.29) is 0 Å². The minimum Gasteiger partial charge on any atom is -0.479 e. The summed E-state index contributed by atoms with van der Waals surface area (Å²) in [6.07, 6.45) is 1.55. The van der Waals surface area contributed by atoms with Crippen molar-refractivity contribution in [1.29, 1.82) is 0 Å². The van der Waals surface area contributed by atoms with Crippen molar-refractivity contribution in [3.05, 3.63) is 46.7 Å². The predicted molar refractivity (Wildman–Crippen MR) is 73.4 cm³/mol. The molecule has 1 aromatic carbocycles. The number of rotatable bonds is 4. The van der Waals surface area contributed by atoms with Gasteiger partial charge in [0.15, 0.2) is 6.04 Å². The van der Waals surface area contributed by atoms with E-state index < -0.39 is 12.0 Å². The molecule has 0 aliphatic carbocycles. The summed E-state index contributed by atoms with van der Waals surface area (Å²) < 4.78 is 1.64. The van der Waals surface area contributed by atoms with Gasteiger partial charge in [-0.1, -0.05) is 23.7 Å². The highest BCUT2D eigenvalue weighted by atomic mass is 35.5. The van der Waals surface area contributed by atoms with Gasteiger partial charge in [0.25, 0.3) is 0 Å². The van der Waals surface area contributed by atoms with Gasteiger partial charge in [0.2, 0.25) is 0 Å². The standard InChI is InChI=1S/C13H14ClN3O2/c1-8-9(7-15-17(8)2)12(13(18)19)16-11-6-4-3-5-10(11)14/h3-7,12,16H,1-2H3,(H,18,19). The number of benzene rings is 1. The van der Waals surface area contributed by atoms with E-state index in [1.807, 2.05) is 6.92 Å². The highest BCUT2D eigenvalue weighted by Crippen LogP contribution is 2.27. The minimum atomic E-state index is -0.976. The van der Waals surface area contributed by atoms with Crippen molar-refractivity contribution >= 4 is 23.3 Å². The molecular formula is C13H14ClN3O2. The predicted octanol–water partition coefficient (Wildman–Crippen LogP) is 2.62. The van der Waals surface area contributed by atoms with Crippen LogP contribution >= 0.6 is 11.6 Å². The van der Waals surface area contributed by atoms with Gasteiger partial charge in [-0.25, -0.2) is 4.79 Å². The Bertz CT molecular complexity index is 610. The molecule has 0 saturated heterocycles. The molecule has 0 bridgehead atoms. The van der Waals surface area contributed by atoms with E-state index in [0.717, 1.165) is 5.69 Å². The number of aliphatic carboxylic acids is 1. The maximum absolute atomic E-state index is 11.4. The summed E-state index contributed by atoms with van der Waals surface area (Å²) >= 11 is 6.03. The zero-order valence-corrected chi connectivity index (χ0v) is 11.3. The molecular weight excluding hydrogens is 266 g/mol. The fourth-order valence-corrected chi connectivity index (χ4v) is 2.00. The number of carboxylic acids is 1. The summed E-state index contributed by atoms with van der Waals surface area (Å²) in [7, 11) is 1.77. The second-order valence-electron chi connectivity index (χ2n) is 4.20. The molecule has 5 nitrogen and oxygen atoms in total. The summed E-state index contributed by atoms with van der Waals surface area (Å²) in [6, 6.07) is 6.15. The Kier molecular flexibility index (Phi) is 3.76. The average molecular weight is 280 g/mol. The van der Waals surface area contributed by atoms with Crippen molar-refractivity contribution in [2.45, 2.75) is 13.0 Å². The Morgan fingerprint density at radius 3 is 2.68 bits per heavy atom. The fourth-order valence-electron chi connectivity index (χ4n) is 1.81. The van der Waals surface area contributed by atoms with Crippen molar-refractivity contribution < 1.29 is 9.90 Å². The lowest BCUT2D eigenvalue weighted by molar-refractivity contribution is -0.138. The van der Waals surface area contributed by atoms with Gasteiger partial charge < -0.3 is 10.4 Å². The third kappa shape index (κ3) is 2.71. The van der Waals surface area contributed by atoms with Gasteiger partial charge in [0, 0.05) is 18.3 Å². The van der Waals surface area contributed by atoms with Crippen molar-refractivity contribution in [2.24, 2.45) is 7.05 Å². The zero-order valence-electron chi connectivity index (χ0n) is 10.6. The van der Waals surface area contributed by atoms with Crippen molar-refractivity contribution in [3.63, 3.8) is 0 Å². The molecule has 0 fully saturated rings. The first-order valence-corrected chi connectivity index (χ1v) is 6.11. The summed E-state index contributed by atoms with van der Waals surface area (Å²) in [5.74, 6) is -0.976. The van der Waals surface area contributed by atoms with Gasteiger partial charge in [-0.3, -0.25) is 4.68 Å². The Labute approximate surface area is 115 Å². The van der Waals surface area contributed by atoms with Crippen LogP contribution in [0.4, 0.5) is 5.69 Å². The molecule has 19 heavy (non-hydrogen) atoms. The Morgan fingerprint density at radius 2 is 2.16 bits per heavy atom. The number of aromatic nitrogens is 2. The highest BCUT2D eigenvalue weighted by molar-refractivity contribution is 6.33.